The highest BCUT2D eigenvalue weighted by atomic mass is 16.6. The van der Waals surface area contributed by atoms with Crippen molar-refractivity contribution in [1.29, 1.82) is 0 Å². The standard InChI is InChI=1S/C18H20N2O5/c1-12-4-6-16(24-2)13(10-12)8-9-19-18(21)15-11-14(20(22)23)5-7-17(15)25-3/h4-7,10-11H,8-9H2,1-3H3,(H,19,21). The van der Waals surface area contributed by atoms with E-state index in [2.05, 4.69) is 5.32 Å². The summed E-state index contributed by atoms with van der Waals surface area (Å²) < 4.78 is 10.4. The molecule has 0 atom stereocenters. The molecule has 0 saturated carbocycles. The second kappa shape index (κ2) is 8.14. The van der Waals surface area contributed by atoms with E-state index in [4.69, 9.17) is 9.47 Å². The Balaban J connectivity index is 2.09. The lowest BCUT2D eigenvalue weighted by Crippen LogP contribution is -2.26. The molecule has 0 aromatic heterocycles. The van der Waals surface area contributed by atoms with Crippen molar-refractivity contribution in [2.75, 3.05) is 20.8 Å². The summed E-state index contributed by atoms with van der Waals surface area (Å²) in [6, 6.07) is 9.76. The zero-order valence-electron chi connectivity index (χ0n) is 14.4. The summed E-state index contributed by atoms with van der Waals surface area (Å²) in [6.45, 7) is 2.35. The van der Waals surface area contributed by atoms with Gasteiger partial charge in [0.15, 0.2) is 0 Å². The number of nitro benzene ring substituents is 1. The zero-order valence-corrected chi connectivity index (χ0v) is 14.4. The van der Waals surface area contributed by atoms with Crippen molar-refractivity contribution >= 4 is 11.6 Å². The van der Waals surface area contributed by atoms with Gasteiger partial charge in [-0.15, -0.1) is 0 Å². The zero-order chi connectivity index (χ0) is 18.4. The van der Waals surface area contributed by atoms with Crippen molar-refractivity contribution < 1.29 is 19.2 Å². The van der Waals surface area contributed by atoms with Crippen molar-refractivity contribution in [2.24, 2.45) is 0 Å². The first-order valence-electron chi connectivity index (χ1n) is 7.70. The third kappa shape index (κ3) is 4.47. The molecule has 2 aromatic carbocycles. The highest BCUT2D eigenvalue weighted by Crippen LogP contribution is 2.24. The predicted octanol–water partition coefficient (Wildman–Crippen LogP) is 2.89. The van der Waals surface area contributed by atoms with Crippen LogP contribution >= 0.6 is 0 Å². The van der Waals surface area contributed by atoms with Gasteiger partial charge in [-0.25, -0.2) is 0 Å². The molecule has 7 heteroatoms. The quantitative estimate of drug-likeness (QED) is 0.616. The number of carbonyl (C=O) groups excluding carboxylic acids is 1. The van der Waals surface area contributed by atoms with Crippen molar-refractivity contribution in [2.45, 2.75) is 13.3 Å². The van der Waals surface area contributed by atoms with Crippen molar-refractivity contribution in [3.8, 4) is 11.5 Å². The summed E-state index contributed by atoms with van der Waals surface area (Å²) in [5.74, 6) is 0.621. The Morgan fingerprint density at radius 2 is 1.80 bits per heavy atom. The van der Waals surface area contributed by atoms with Crippen LogP contribution in [0.5, 0.6) is 11.5 Å². The van der Waals surface area contributed by atoms with E-state index in [0.29, 0.717) is 13.0 Å². The second-order valence-corrected chi connectivity index (χ2v) is 5.46. The fourth-order valence-electron chi connectivity index (χ4n) is 2.50. The van der Waals surface area contributed by atoms with Gasteiger partial charge in [-0.2, -0.15) is 0 Å². The molecule has 0 fully saturated rings. The summed E-state index contributed by atoms with van der Waals surface area (Å²) in [6.07, 6.45) is 0.577. The maximum Gasteiger partial charge on any atom is 0.270 e. The Morgan fingerprint density at radius 3 is 2.44 bits per heavy atom. The summed E-state index contributed by atoms with van der Waals surface area (Å²) in [4.78, 5) is 22.7. The minimum Gasteiger partial charge on any atom is -0.496 e. The number of rotatable bonds is 7. The van der Waals surface area contributed by atoms with Gasteiger partial charge in [0.25, 0.3) is 11.6 Å². The van der Waals surface area contributed by atoms with Crippen LogP contribution in [0.3, 0.4) is 0 Å². The first-order chi connectivity index (χ1) is 12.0. The molecule has 0 aliphatic carbocycles. The molecule has 7 nitrogen and oxygen atoms in total. The number of non-ortho nitro benzene ring substituents is 1. The van der Waals surface area contributed by atoms with Gasteiger partial charge in [-0.3, -0.25) is 14.9 Å². The van der Waals surface area contributed by atoms with Crippen molar-refractivity contribution in [3.63, 3.8) is 0 Å². The summed E-state index contributed by atoms with van der Waals surface area (Å²) >= 11 is 0. The van der Waals surface area contributed by atoms with Crippen LogP contribution in [0, 0.1) is 17.0 Å². The highest BCUT2D eigenvalue weighted by molar-refractivity contribution is 5.97. The third-order valence-corrected chi connectivity index (χ3v) is 3.75. The molecule has 0 aliphatic rings. The van der Waals surface area contributed by atoms with Gasteiger partial charge in [0.2, 0.25) is 0 Å². The van der Waals surface area contributed by atoms with Gasteiger partial charge < -0.3 is 14.8 Å². The van der Waals surface area contributed by atoms with E-state index in [1.165, 1.54) is 25.3 Å². The first kappa shape index (κ1) is 18.3. The minimum absolute atomic E-state index is 0.132. The van der Waals surface area contributed by atoms with Gasteiger partial charge in [-0.1, -0.05) is 17.7 Å². The molecule has 132 valence electrons. The van der Waals surface area contributed by atoms with Crippen molar-refractivity contribution in [3.05, 3.63) is 63.2 Å². The molecule has 1 N–H and O–H groups in total. The van der Waals surface area contributed by atoms with Crippen LogP contribution in [-0.2, 0) is 6.42 Å². The van der Waals surface area contributed by atoms with E-state index in [1.54, 1.807) is 7.11 Å². The fourth-order valence-corrected chi connectivity index (χ4v) is 2.50. The topological polar surface area (TPSA) is 90.7 Å². The molecule has 2 aromatic rings. The van der Waals surface area contributed by atoms with Crippen LogP contribution in [0.25, 0.3) is 0 Å². The van der Waals surface area contributed by atoms with Gasteiger partial charge >= 0.3 is 0 Å². The summed E-state index contributed by atoms with van der Waals surface area (Å²) in [5.41, 5.74) is 2.05. The van der Waals surface area contributed by atoms with Crippen LogP contribution in [0.2, 0.25) is 0 Å². The maximum absolute atomic E-state index is 12.4. The van der Waals surface area contributed by atoms with E-state index in [0.717, 1.165) is 16.9 Å². The highest BCUT2D eigenvalue weighted by Gasteiger charge is 2.17. The van der Waals surface area contributed by atoms with Crippen LogP contribution < -0.4 is 14.8 Å². The molecule has 0 unspecified atom stereocenters. The molecule has 0 radical (unpaired) electrons. The predicted molar refractivity (Wildman–Crippen MR) is 93.4 cm³/mol. The van der Waals surface area contributed by atoms with Gasteiger partial charge in [0.05, 0.1) is 24.7 Å². The first-order valence-corrected chi connectivity index (χ1v) is 7.70. The number of methoxy groups -OCH3 is 2. The number of benzene rings is 2. The molecule has 0 saturated heterocycles. The number of ether oxygens (including phenoxy) is 2. The number of nitrogens with zero attached hydrogens (tertiary/aromatic N) is 1. The molecule has 0 heterocycles. The van der Waals surface area contributed by atoms with Gasteiger partial charge in [0, 0.05) is 18.7 Å². The lowest BCUT2D eigenvalue weighted by atomic mass is 10.1. The molecule has 0 spiro atoms. The Kier molecular flexibility index (Phi) is 5.94. The number of hydrogen-bond acceptors (Lipinski definition) is 5. The summed E-state index contributed by atoms with van der Waals surface area (Å²) in [5, 5.41) is 13.7. The summed E-state index contributed by atoms with van der Waals surface area (Å²) in [7, 11) is 3.01. The lowest BCUT2D eigenvalue weighted by Gasteiger charge is -2.11. The molecule has 0 bridgehead atoms. The largest absolute Gasteiger partial charge is 0.496 e. The number of aryl methyl sites for hydroxylation is 1. The molecule has 1 amide bonds. The number of hydrogen-bond donors (Lipinski definition) is 1. The molecular weight excluding hydrogens is 324 g/mol. The van der Waals surface area contributed by atoms with E-state index >= 15 is 0 Å². The Bertz CT molecular complexity index is 789. The van der Waals surface area contributed by atoms with Crippen LogP contribution in [0.15, 0.2) is 36.4 Å². The van der Waals surface area contributed by atoms with Gasteiger partial charge in [-0.05, 0) is 31.0 Å². The fraction of sp³-hybridized carbons (Fsp3) is 0.278. The van der Waals surface area contributed by atoms with Crippen LogP contribution in [-0.4, -0.2) is 31.6 Å². The molecule has 25 heavy (non-hydrogen) atoms. The normalized spacial score (nSPS) is 10.2. The van der Waals surface area contributed by atoms with Gasteiger partial charge in [0.1, 0.15) is 11.5 Å². The Hall–Kier alpha value is -3.09. The smallest absolute Gasteiger partial charge is 0.270 e. The number of amides is 1. The van der Waals surface area contributed by atoms with E-state index in [-0.39, 0.29) is 17.0 Å². The average molecular weight is 344 g/mol. The lowest BCUT2D eigenvalue weighted by molar-refractivity contribution is -0.384. The number of carbonyl (C=O) groups is 1. The molecular formula is C18H20N2O5. The SMILES string of the molecule is COc1ccc(C)cc1CCNC(=O)c1cc([N+](=O)[O-])ccc1OC. The van der Waals surface area contributed by atoms with E-state index in [9.17, 15) is 14.9 Å². The van der Waals surface area contributed by atoms with Crippen LogP contribution in [0.4, 0.5) is 5.69 Å². The van der Waals surface area contributed by atoms with E-state index < -0.39 is 10.8 Å². The Morgan fingerprint density at radius 1 is 1.12 bits per heavy atom. The van der Waals surface area contributed by atoms with Crippen LogP contribution in [0.1, 0.15) is 21.5 Å². The second-order valence-electron chi connectivity index (χ2n) is 5.46. The van der Waals surface area contributed by atoms with E-state index in [1.807, 2.05) is 25.1 Å². The minimum atomic E-state index is -0.548. The third-order valence-electron chi connectivity index (χ3n) is 3.75. The maximum atomic E-state index is 12.4. The molecule has 2 rings (SSSR count). The average Bonchev–Trinajstić information content (AvgIpc) is 2.61. The monoisotopic (exact) mass is 344 g/mol. The number of nitrogens with one attached hydrogen (secondary N) is 1. The Labute approximate surface area is 145 Å². The van der Waals surface area contributed by atoms with Crippen molar-refractivity contribution in [1.82, 2.24) is 5.32 Å². The molecule has 0 aliphatic heterocycles. The number of nitro groups is 1.